The van der Waals surface area contributed by atoms with Crippen LogP contribution in [0.15, 0.2) is 30.9 Å². The number of carbonyl (C=O) groups is 3. The molecule has 0 aliphatic carbocycles. The number of nitrogens with zero attached hydrogens (tertiary/aromatic N) is 3. The molecule has 0 saturated carbocycles. The molecule has 32 heavy (non-hydrogen) atoms. The number of imidazole rings is 1. The van der Waals surface area contributed by atoms with Crippen LogP contribution in [0.4, 0.5) is 13.2 Å². The Bertz CT molecular complexity index is 951. The Labute approximate surface area is 187 Å². The molecule has 3 amide bonds. The van der Waals surface area contributed by atoms with Crippen LogP contribution in [0.25, 0.3) is 0 Å². The van der Waals surface area contributed by atoms with E-state index in [4.69, 9.17) is 11.6 Å². The summed E-state index contributed by atoms with van der Waals surface area (Å²) in [5.74, 6) is -0.760. The van der Waals surface area contributed by atoms with Crippen LogP contribution in [0.3, 0.4) is 0 Å². The topological polar surface area (TPSA) is 96.3 Å². The van der Waals surface area contributed by atoms with Crippen LogP contribution in [0, 0.1) is 0 Å². The monoisotopic (exact) mass is 473 g/mol. The van der Waals surface area contributed by atoms with Gasteiger partial charge in [0.15, 0.2) is 0 Å². The molecule has 1 unspecified atom stereocenters. The third kappa shape index (κ3) is 6.71. The van der Waals surface area contributed by atoms with Gasteiger partial charge in [0.1, 0.15) is 6.04 Å². The number of rotatable bonds is 6. The van der Waals surface area contributed by atoms with Crippen LogP contribution in [-0.4, -0.2) is 45.8 Å². The molecular weight excluding hydrogens is 451 g/mol. The molecule has 1 atom stereocenters. The fourth-order valence-electron chi connectivity index (χ4n) is 3.11. The number of hydrogen-bond donors (Lipinski definition) is 2. The number of halogens is 4. The molecule has 1 aromatic heterocycles. The zero-order valence-corrected chi connectivity index (χ0v) is 18.2. The Morgan fingerprint density at radius 1 is 1.28 bits per heavy atom. The first-order valence-electron chi connectivity index (χ1n) is 9.56. The molecule has 0 spiro atoms. The van der Waals surface area contributed by atoms with Crippen molar-refractivity contribution in [3.8, 4) is 0 Å². The van der Waals surface area contributed by atoms with Crippen molar-refractivity contribution in [1.82, 2.24) is 25.1 Å². The average Bonchev–Trinajstić information content (AvgIpc) is 3.37. The quantitative estimate of drug-likeness (QED) is 0.629. The van der Waals surface area contributed by atoms with Gasteiger partial charge < -0.3 is 20.1 Å². The van der Waals surface area contributed by atoms with E-state index in [-0.39, 0.29) is 31.8 Å². The van der Waals surface area contributed by atoms with Crippen LogP contribution in [-0.2, 0) is 40.7 Å². The molecule has 3 rings (SSSR count). The number of alkyl halides is 3. The molecule has 8 nitrogen and oxygen atoms in total. The lowest BCUT2D eigenvalue weighted by atomic mass is 10.1. The Balaban J connectivity index is 0.000000520. The number of aryl methyl sites for hydroxylation is 1. The minimum absolute atomic E-state index is 0.0349. The Morgan fingerprint density at radius 2 is 1.94 bits per heavy atom. The van der Waals surface area contributed by atoms with Gasteiger partial charge in [-0.1, -0.05) is 11.6 Å². The molecule has 174 valence electrons. The van der Waals surface area contributed by atoms with Gasteiger partial charge in [-0.15, -0.1) is 0 Å². The molecule has 2 aromatic rings. The molecule has 1 aliphatic heterocycles. The van der Waals surface area contributed by atoms with Gasteiger partial charge in [-0.3, -0.25) is 14.4 Å². The maximum absolute atomic E-state index is 12.9. The third-order valence-corrected chi connectivity index (χ3v) is 5.10. The van der Waals surface area contributed by atoms with Crippen molar-refractivity contribution >= 4 is 29.8 Å². The molecule has 0 bridgehead atoms. The van der Waals surface area contributed by atoms with E-state index in [1.807, 2.05) is 17.8 Å². The standard InChI is InChI=1S/C16H17ClF3N3O3.C4H6N2/c1-21-15(26)13(22-8-24)2-3-14(25)23-6-9-4-11(16(18,19)20)12(17)5-10(9)7-23;1-6-3-2-5-4-6/h4-5,8,13H,2-3,6-7H2,1H3,(H,21,26)(H,22,24);2-4H,1H3. The summed E-state index contributed by atoms with van der Waals surface area (Å²) in [6, 6.07) is 1.35. The number of nitrogens with one attached hydrogen (secondary N) is 2. The summed E-state index contributed by atoms with van der Waals surface area (Å²) in [7, 11) is 3.34. The second-order valence-corrected chi connectivity index (χ2v) is 7.47. The van der Waals surface area contributed by atoms with Crippen molar-refractivity contribution in [2.24, 2.45) is 7.05 Å². The van der Waals surface area contributed by atoms with Crippen molar-refractivity contribution in [2.45, 2.75) is 38.1 Å². The first-order chi connectivity index (χ1) is 15.1. The minimum Gasteiger partial charge on any atom is -0.357 e. The van der Waals surface area contributed by atoms with E-state index < -0.39 is 28.7 Å². The summed E-state index contributed by atoms with van der Waals surface area (Å²) < 4.78 is 40.7. The number of benzene rings is 1. The second kappa shape index (κ2) is 11.0. The Hall–Kier alpha value is -3.08. The number of aromatic nitrogens is 2. The number of likely N-dealkylation sites (N-methyl/N-ethyl adjacent to an activating group) is 1. The SMILES string of the molecule is CNC(=O)C(CCC(=O)N1Cc2cc(Cl)c(C(F)(F)F)cc2C1)NC=O.Cn1ccnc1. The lowest BCUT2D eigenvalue weighted by Crippen LogP contribution is -2.43. The molecule has 0 fully saturated rings. The maximum Gasteiger partial charge on any atom is 0.417 e. The Morgan fingerprint density at radius 3 is 2.41 bits per heavy atom. The van der Waals surface area contributed by atoms with Crippen LogP contribution < -0.4 is 10.6 Å². The molecule has 0 saturated heterocycles. The molecular formula is C20H23ClF3N5O3. The smallest absolute Gasteiger partial charge is 0.357 e. The van der Waals surface area contributed by atoms with Crippen molar-refractivity contribution in [3.63, 3.8) is 0 Å². The van der Waals surface area contributed by atoms with Crippen LogP contribution in [0.1, 0.15) is 29.5 Å². The highest BCUT2D eigenvalue weighted by Gasteiger charge is 2.35. The lowest BCUT2D eigenvalue weighted by Gasteiger charge is -2.18. The summed E-state index contributed by atoms with van der Waals surface area (Å²) in [4.78, 5) is 39.6. The normalized spacial score (nSPS) is 13.5. The van der Waals surface area contributed by atoms with E-state index in [0.29, 0.717) is 17.5 Å². The van der Waals surface area contributed by atoms with Gasteiger partial charge in [0.2, 0.25) is 18.2 Å². The maximum atomic E-state index is 12.9. The fraction of sp³-hybridized carbons (Fsp3) is 0.400. The minimum atomic E-state index is -4.56. The zero-order chi connectivity index (χ0) is 23.9. The van der Waals surface area contributed by atoms with E-state index in [2.05, 4.69) is 15.6 Å². The van der Waals surface area contributed by atoms with E-state index in [1.54, 1.807) is 12.5 Å². The summed E-state index contributed by atoms with van der Waals surface area (Å²) in [6.07, 6.45) is 1.24. The number of hydrogen-bond acceptors (Lipinski definition) is 4. The summed E-state index contributed by atoms with van der Waals surface area (Å²) in [6.45, 7) is 0.192. The van der Waals surface area contributed by atoms with Gasteiger partial charge in [-0.25, -0.2) is 4.98 Å². The molecule has 0 radical (unpaired) electrons. The molecule has 1 aliphatic rings. The number of carbonyl (C=O) groups excluding carboxylic acids is 3. The van der Waals surface area contributed by atoms with E-state index in [1.165, 1.54) is 18.0 Å². The Kier molecular flexibility index (Phi) is 8.64. The average molecular weight is 474 g/mol. The van der Waals surface area contributed by atoms with Crippen LogP contribution >= 0.6 is 11.6 Å². The van der Waals surface area contributed by atoms with Crippen molar-refractivity contribution < 1.29 is 27.6 Å². The molecule has 12 heteroatoms. The summed E-state index contributed by atoms with van der Waals surface area (Å²) in [5, 5.41) is 4.30. The van der Waals surface area contributed by atoms with Gasteiger partial charge in [0, 0.05) is 46.0 Å². The fourth-order valence-corrected chi connectivity index (χ4v) is 3.41. The molecule has 2 N–H and O–H groups in total. The first-order valence-corrected chi connectivity index (χ1v) is 9.94. The van der Waals surface area contributed by atoms with E-state index in [9.17, 15) is 27.6 Å². The van der Waals surface area contributed by atoms with Crippen molar-refractivity contribution in [2.75, 3.05) is 7.05 Å². The first kappa shape index (κ1) is 25.2. The van der Waals surface area contributed by atoms with E-state index in [0.717, 1.165) is 6.07 Å². The van der Waals surface area contributed by atoms with Gasteiger partial charge in [-0.05, 0) is 29.7 Å². The largest absolute Gasteiger partial charge is 0.417 e. The zero-order valence-electron chi connectivity index (χ0n) is 17.4. The summed E-state index contributed by atoms with van der Waals surface area (Å²) >= 11 is 5.70. The predicted molar refractivity (Wildman–Crippen MR) is 110 cm³/mol. The van der Waals surface area contributed by atoms with Crippen LogP contribution in [0.2, 0.25) is 5.02 Å². The number of fused-ring (bicyclic) bond motifs is 1. The van der Waals surface area contributed by atoms with E-state index >= 15 is 0 Å². The van der Waals surface area contributed by atoms with Crippen molar-refractivity contribution in [3.05, 3.63) is 52.6 Å². The van der Waals surface area contributed by atoms with Gasteiger partial charge in [0.25, 0.3) is 0 Å². The highest BCUT2D eigenvalue weighted by Crippen LogP contribution is 2.38. The van der Waals surface area contributed by atoms with Gasteiger partial charge >= 0.3 is 6.18 Å². The predicted octanol–water partition coefficient (Wildman–Crippen LogP) is 2.26. The van der Waals surface area contributed by atoms with Crippen molar-refractivity contribution in [1.29, 1.82) is 0 Å². The highest BCUT2D eigenvalue weighted by molar-refractivity contribution is 6.31. The highest BCUT2D eigenvalue weighted by atomic mass is 35.5. The molecule has 2 heterocycles. The molecule has 1 aromatic carbocycles. The summed E-state index contributed by atoms with van der Waals surface area (Å²) in [5.41, 5.74) is 0.0243. The van der Waals surface area contributed by atoms with Gasteiger partial charge in [-0.2, -0.15) is 13.2 Å². The lowest BCUT2D eigenvalue weighted by molar-refractivity contribution is -0.137. The second-order valence-electron chi connectivity index (χ2n) is 7.07. The van der Waals surface area contributed by atoms with Gasteiger partial charge in [0.05, 0.1) is 16.9 Å². The number of amides is 3. The van der Waals surface area contributed by atoms with Crippen LogP contribution in [0.5, 0.6) is 0 Å². The third-order valence-electron chi connectivity index (χ3n) is 4.79.